The summed E-state index contributed by atoms with van der Waals surface area (Å²) in [7, 11) is 1.03. The van der Waals surface area contributed by atoms with Crippen LogP contribution < -0.4 is 5.32 Å². The average molecular weight is 416 g/mol. The number of carbonyl (C=O) groups excluding carboxylic acids is 4. The quantitative estimate of drug-likeness (QED) is 0.598. The highest BCUT2D eigenvalue weighted by molar-refractivity contribution is 6.23. The van der Waals surface area contributed by atoms with E-state index in [9.17, 15) is 28.0 Å². The van der Waals surface area contributed by atoms with Crippen LogP contribution in [0.4, 0.5) is 14.5 Å². The summed E-state index contributed by atoms with van der Waals surface area (Å²) in [6.45, 7) is 3.24. The van der Waals surface area contributed by atoms with E-state index in [-0.39, 0.29) is 11.1 Å². The fraction of sp³-hybridized carbons (Fsp3) is 0.238. The minimum absolute atomic E-state index is 0.168. The molecular weight excluding hydrogens is 398 g/mol. The topological polar surface area (TPSA) is 92.8 Å². The lowest BCUT2D eigenvalue weighted by Gasteiger charge is -2.28. The lowest BCUT2D eigenvalue weighted by atomic mass is 10.0. The van der Waals surface area contributed by atoms with Crippen molar-refractivity contribution in [3.8, 4) is 0 Å². The smallest absolute Gasteiger partial charge is 0.340 e. The first kappa shape index (κ1) is 21.1. The number of methoxy groups -OCH3 is 1. The third kappa shape index (κ3) is 3.54. The predicted octanol–water partition coefficient (Wildman–Crippen LogP) is 3.01. The highest BCUT2D eigenvalue weighted by Crippen LogP contribution is 2.28. The van der Waals surface area contributed by atoms with E-state index in [4.69, 9.17) is 0 Å². The molecule has 1 aliphatic heterocycles. The summed E-state index contributed by atoms with van der Waals surface area (Å²) in [5, 5.41) is 2.25. The molecule has 3 rings (SSSR count). The van der Waals surface area contributed by atoms with Gasteiger partial charge >= 0.3 is 5.97 Å². The monoisotopic (exact) mass is 416 g/mol. The van der Waals surface area contributed by atoms with Gasteiger partial charge in [-0.15, -0.1) is 0 Å². The van der Waals surface area contributed by atoms with E-state index in [1.165, 1.54) is 12.1 Å². The number of halogens is 2. The van der Waals surface area contributed by atoms with Crippen molar-refractivity contribution in [1.82, 2.24) is 4.90 Å². The van der Waals surface area contributed by atoms with Crippen molar-refractivity contribution in [2.75, 3.05) is 12.4 Å². The summed E-state index contributed by atoms with van der Waals surface area (Å²) in [6, 6.07) is 6.13. The molecule has 1 N–H and O–H groups in total. The molecule has 0 spiro atoms. The Hall–Kier alpha value is -3.62. The summed E-state index contributed by atoms with van der Waals surface area (Å²) in [5.41, 5.74) is -0.719. The number of nitrogens with zero attached hydrogens (tertiary/aromatic N) is 1. The van der Waals surface area contributed by atoms with Gasteiger partial charge in [0.15, 0.2) is 0 Å². The minimum atomic E-state index is -1.26. The van der Waals surface area contributed by atoms with E-state index in [2.05, 4.69) is 10.1 Å². The number of anilines is 1. The number of ether oxygens (including phenoxy) is 1. The number of rotatable bonds is 5. The number of carbonyl (C=O) groups is 4. The Labute approximate surface area is 170 Å². The molecule has 9 heteroatoms. The molecule has 0 saturated carbocycles. The Kier molecular flexibility index (Phi) is 5.64. The number of hydrogen-bond acceptors (Lipinski definition) is 5. The maximum Gasteiger partial charge on any atom is 0.340 e. The first-order valence-corrected chi connectivity index (χ1v) is 9.02. The summed E-state index contributed by atoms with van der Waals surface area (Å²) in [6.07, 6.45) is 0. The van der Waals surface area contributed by atoms with Crippen LogP contribution in [0, 0.1) is 17.6 Å². The zero-order chi connectivity index (χ0) is 22.2. The molecule has 1 aliphatic rings. The van der Waals surface area contributed by atoms with Gasteiger partial charge in [0.1, 0.15) is 17.7 Å². The predicted molar refractivity (Wildman–Crippen MR) is 102 cm³/mol. The molecule has 2 aromatic rings. The number of esters is 1. The molecule has 0 fully saturated rings. The van der Waals surface area contributed by atoms with Crippen molar-refractivity contribution in [3.05, 3.63) is 64.7 Å². The number of fused-ring (bicyclic) bond motifs is 1. The molecule has 0 saturated heterocycles. The van der Waals surface area contributed by atoms with E-state index >= 15 is 0 Å². The van der Waals surface area contributed by atoms with E-state index in [1.807, 2.05) is 0 Å². The van der Waals surface area contributed by atoms with Crippen LogP contribution in [0.25, 0.3) is 0 Å². The largest absolute Gasteiger partial charge is 0.465 e. The van der Waals surface area contributed by atoms with Crippen LogP contribution in [0.5, 0.6) is 0 Å². The van der Waals surface area contributed by atoms with Crippen molar-refractivity contribution in [2.24, 2.45) is 5.92 Å². The summed E-state index contributed by atoms with van der Waals surface area (Å²) in [5.74, 6) is -5.99. The molecule has 1 atom stereocenters. The number of benzene rings is 2. The Morgan fingerprint density at radius 1 is 1.00 bits per heavy atom. The molecule has 3 amide bonds. The Balaban J connectivity index is 1.94. The fourth-order valence-electron chi connectivity index (χ4n) is 3.30. The molecule has 0 bridgehead atoms. The molecule has 30 heavy (non-hydrogen) atoms. The highest BCUT2D eigenvalue weighted by Gasteiger charge is 2.44. The van der Waals surface area contributed by atoms with Crippen molar-refractivity contribution in [2.45, 2.75) is 19.9 Å². The summed E-state index contributed by atoms with van der Waals surface area (Å²) >= 11 is 0. The van der Waals surface area contributed by atoms with Gasteiger partial charge in [-0.2, -0.15) is 0 Å². The number of amides is 3. The van der Waals surface area contributed by atoms with Gasteiger partial charge in [-0.1, -0.05) is 26.0 Å². The molecule has 1 heterocycles. The third-order valence-corrected chi connectivity index (χ3v) is 4.72. The van der Waals surface area contributed by atoms with Crippen LogP contribution in [0.1, 0.15) is 44.9 Å². The molecule has 7 nitrogen and oxygen atoms in total. The SMILES string of the molecule is COC(=O)c1cc(NC(=O)[C@H](C(C)C)N2C(=O)c3ccccc3C2=O)c(F)cc1F. The maximum absolute atomic E-state index is 14.2. The normalized spacial score (nSPS) is 14.0. The van der Waals surface area contributed by atoms with Crippen LogP contribution in [-0.2, 0) is 9.53 Å². The molecule has 0 radical (unpaired) electrons. The average Bonchev–Trinajstić information content (AvgIpc) is 2.95. The van der Waals surface area contributed by atoms with Crippen LogP contribution in [-0.4, -0.2) is 41.7 Å². The maximum atomic E-state index is 14.2. The van der Waals surface area contributed by atoms with Crippen LogP contribution in [0.2, 0.25) is 0 Å². The Bertz CT molecular complexity index is 1030. The fourth-order valence-corrected chi connectivity index (χ4v) is 3.30. The van der Waals surface area contributed by atoms with Gasteiger partial charge in [0.2, 0.25) is 5.91 Å². The highest BCUT2D eigenvalue weighted by atomic mass is 19.1. The first-order chi connectivity index (χ1) is 14.2. The second-order valence-electron chi connectivity index (χ2n) is 7.01. The number of imide groups is 1. The number of hydrogen-bond donors (Lipinski definition) is 1. The van der Waals surface area contributed by atoms with Crippen LogP contribution >= 0.6 is 0 Å². The van der Waals surface area contributed by atoms with Gasteiger partial charge < -0.3 is 10.1 Å². The molecule has 0 aliphatic carbocycles. The molecule has 0 aromatic heterocycles. The summed E-state index contributed by atoms with van der Waals surface area (Å²) in [4.78, 5) is 50.9. The Morgan fingerprint density at radius 3 is 2.07 bits per heavy atom. The van der Waals surface area contributed by atoms with Crippen molar-refractivity contribution in [3.63, 3.8) is 0 Å². The van der Waals surface area contributed by atoms with Crippen molar-refractivity contribution < 1.29 is 32.7 Å². The summed E-state index contributed by atoms with van der Waals surface area (Å²) < 4.78 is 32.5. The van der Waals surface area contributed by atoms with Gasteiger partial charge in [0.25, 0.3) is 11.8 Å². The van der Waals surface area contributed by atoms with E-state index in [0.717, 1.165) is 18.1 Å². The standard InChI is InChI=1S/C21H18F2N2O5/c1-10(2)17(25-19(27)11-6-4-5-7-12(11)20(25)28)18(26)24-16-8-13(21(29)30-3)14(22)9-15(16)23/h4-10,17H,1-3H3,(H,24,26)/t17-/m0/s1. The van der Waals surface area contributed by atoms with Crippen LogP contribution in [0.15, 0.2) is 36.4 Å². The van der Waals surface area contributed by atoms with Gasteiger partial charge in [-0.05, 0) is 24.1 Å². The van der Waals surface area contributed by atoms with E-state index < -0.39 is 58.5 Å². The lowest BCUT2D eigenvalue weighted by molar-refractivity contribution is -0.121. The van der Waals surface area contributed by atoms with Crippen LogP contribution in [0.3, 0.4) is 0 Å². The van der Waals surface area contributed by atoms with Gasteiger partial charge in [0.05, 0.1) is 29.5 Å². The van der Waals surface area contributed by atoms with E-state index in [1.54, 1.807) is 26.0 Å². The molecule has 0 unspecified atom stereocenters. The lowest BCUT2D eigenvalue weighted by Crippen LogP contribution is -2.50. The molecule has 2 aromatic carbocycles. The minimum Gasteiger partial charge on any atom is -0.465 e. The third-order valence-electron chi connectivity index (χ3n) is 4.72. The zero-order valence-electron chi connectivity index (χ0n) is 16.4. The van der Waals surface area contributed by atoms with Gasteiger partial charge in [-0.3, -0.25) is 19.3 Å². The molecular formula is C21H18F2N2O5. The first-order valence-electron chi connectivity index (χ1n) is 9.02. The second-order valence-corrected chi connectivity index (χ2v) is 7.01. The van der Waals surface area contributed by atoms with Crippen molar-refractivity contribution >= 4 is 29.4 Å². The van der Waals surface area contributed by atoms with E-state index in [0.29, 0.717) is 6.07 Å². The number of nitrogens with one attached hydrogen (secondary N) is 1. The van der Waals surface area contributed by atoms with Gasteiger partial charge in [0, 0.05) is 6.07 Å². The molecule has 156 valence electrons. The van der Waals surface area contributed by atoms with Gasteiger partial charge in [-0.25, -0.2) is 13.6 Å². The zero-order valence-corrected chi connectivity index (χ0v) is 16.4. The Morgan fingerprint density at radius 2 is 1.57 bits per heavy atom. The second kappa shape index (κ2) is 8.02. The van der Waals surface area contributed by atoms with Crippen molar-refractivity contribution in [1.29, 1.82) is 0 Å².